The SMILES string of the molecule is c1ccc(-c2cccc(-c3nc(-c4ccccc4)nc(-c4cccc(-n5c6ccccc6c6cc7c8ccccc8n(-c8nc(-c9ccccc9)nc(-c9ccccc9)n8)c7cc65)c4)n3)c2)cc1. The second-order valence-corrected chi connectivity index (χ2v) is 16.8. The Balaban J connectivity index is 1.02. The van der Waals surface area contributed by atoms with E-state index < -0.39 is 0 Å². The van der Waals surface area contributed by atoms with Gasteiger partial charge in [0.15, 0.2) is 29.1 Å². The fraction of sp³-hybridized carbons (Fsp3) is 0. The van der Waals surface area contributed by atoms with Gasteiger partial charge in [-0.2, -0.15) is 9.97 Å². The van der Waals surface area contributed by atoms with E-state index in [4.69, 9.17) is 29.9 Å². The van der Waals surface area contributed by atoms with Crippen LogP contribution in [0.4, 0.5) is 0 Å². The van der Waals surface area contributed by atoms with Crippen molar-refractivity contribution in [1.82, 2.24) is 39.0 Å². The van der Waals surface area contributed by atoms with E-state index in [1.807, 2.05) is 97.1 Å². The van der Waals surface area contributed by atoms with Gasteiger partial charge in [0.05, 0.1) is 22.1 Å². The molecule has 0 spiro atoms. The zero-order valence-electron chi connectivity index (χ0n) is 36.5. The summed E-state index contributed by atoms with van der Waals surface area (Å²) in [6.45, 7) is 0. The summed E-state index contributed by atoms with van der Waals surface area (Å²) in [6, 6.07) is 79.4. The minimum Gasteiger partial charge on any atom is -0.309 e. The largest absolute Gasteiger partial charge is 0.309 e. The summed E-state index contributed by atoms with van der Waals surface area (Å²) in [5.41, 5.74) is 11.8. The minimum atomic E-state index is 0.544. The zero-order valence-corrected chi connectivity index (χ0v) is 36.5. The molecule has 13 aromatic rings. The molecular formula is C60H38N8. The maximum absolute atomic E-state index is 5.21. The third kappa shape index (κ3) is 6.78. The van der Waals surface area contributed by atoms with Crippen LogP contribution in [-0.4, -0.2) is 39.0 Å². The second-order valence-electron chi connectivity index (χ2n) is 16.8. The number of nitrogens with zero attached hydrogens (tertiary/aromatic N) is 8. The van der Waals surface area contributed by atoms with Crippen LogP contribution in [0.15, 0.2) is 231 Å². The van der Waals surface area contributed by atoms with Crippen LogP contribution in [0, 0.1) is 0 Å². The molecule has 8 nitrogen and oxygen atoms in total. The Morgan fingerprint density at radius 2 is 0.603 bits per heavy atom. The maximum atomic E-state index is 5.21. The van der Waals surface area contributed by atoms with Crippen molar-refractivity contribution in [3.8, 4) is 79.7 Å². The number of rotatable bonds is 8. The molecule has 0 amide bonds. The zero-order chi connectivity index (χ0) is 45.0. The first-order chi connectivity index (χ1) is 33.7. The van der Waals surface area contributed by atoms with Crippen molar-refractivity contribution in [3.05, 3.63) is 231 Å². The van der Waals surface area contributed by atoms with E-state index in [0.29, 0.717) is 35.1 Å². The average Bonchev–Trinajstić information content (AvgIpc) is 3.93. The van der Waals surface area contributed by atoms with Crippen molar-refractivity contribution in [2.45, 2.75) is 0 Å². The summed E-state index contributed by atoms with van der Waals surface area (Å²) in [4.78, 5) is 30.9. The second kappa shape index (κ2) is 16.2. The number of aromatic nitrogens is 8. The van der Waals surface area contributed by atoms with E-state index in [1.165, 1.54) is 0 Å². The van der Waals surface area contributed by atoms with Crippen LogP contribution in [-0.2, 0) is 0 Å². The van der Waals surface area contributed by atoms with Crippen LogP contribution < -0.4 is 0 Å². The van der Waals surface area contributed by atoms with Crippen molar-refractivity contribution in [3.63, 3.8) is 0 Å². The highest BCUT2D eigenvalue weighted by Gasteiger charge is 2.22. The monoisotopic (exact) mass is 870 g/mol. The highest BCUT2D eigenvalue weighted by atomic mass is 15.2. The molecule has 4 aromatic heterocycles. The lowest BCUT2D eigenvalue weighted by Gasteiger charge is -2.13. The molecule has 4 heterocycles. The molecule has 8 heteroatoms. The normalized spacial score (nSPS) is 11.5. The molecule has 0 saturated heterocycles. The molecule has 318 valence electrons. The molecule has 0 saturated carbocycles. The predicted molar refractivity (Wildman–Crippen MR) is 275 cm³/mol. The predicted octanol–water partition coefficient (Wildman–Crippen LogP) is 14.3. The molecule has 0 aliphatic carbocycles. The molecule has 0 aliphatic rings. The standard InChI is InChI=1S/C60H38N8/c1-5-19-39(20-6-1)43-27-17-28-44(35-43)58-61-55(40-21-7-2-8-22-40)62-59(64-58)45-29-18-30-46(36-45)67-51-33-15-13-31-47(51)49-37-50-48-32-14-16-34-52(48)68(54(50)38-53(49)67)60-65-56(41-23-9-3-10-24-41)63-57(66-60)42-25-11-4-12-26-42/h1-38H. The van der Waals surface area contributed by atoms with Gasteiger partial charge < -0.3 is 4.57 Å². The smallest absolute Gasteiger partial charge is 0.238 e. The lowest BCUT2D eigenvalue weighted by molar-refractivity contribution is 0.953. The van der Waals surface area contributed by atoms with Crippen LogP contribution in [0.25, 0.3) is 123 Å². The third-order valence-corrected chi connectivity index (χ3v) is 12.6. The third-order valence-electron chi connectivity index (χ3n) is 12.6. The summed E-state index contributed by atoms with van der Waals surface area (Å²) in [7, 11) is 0. The van der Waals surface area contributed by atoms with Gasteiger partial charge >= 0.3 is 0 Å². The Kier molecular flexibility index (Phi) is 9.31. The summed E-state index contributed by atoms with van der Waals surface area (Å²) >= 11 is 0. The number of hydrogen-bond donors (Lipinski definition) is 0. The average molecular weight is 871 g/mol. The number of fused-ring (bicyclic) bond motifs is 6. The van der Waals surface area contributed by atoms with Gasteiger partial charge in [0, 0.05) is 55.0 Å². The van der Waals surface area contributed by atoms with E-state index in [0.717, 1.165) is 88.2 Å². The van der Waals surface area contributed by atoms with Gasteiger partial charge in [-0.15, -0.1) is 0 Å². The van der Waals surface area contributed by atoms with Crippen LogP contribution >= 0.6 is 0 Å². The maximum Gasteiger partial charge on any atom is 0.238 e. The molecule has 9 aromatic carbocycles. The van der Waals surface area contributed by atoms with Gasteiger partial charge in [-0.1, -0.05) is 188 Å². The Morgan fingerprint density at radius 1 is 0.221 bits per heavy atom. The van der Waals surface area contributed by atoms with E-state index in [1.54, 1.807) is 0 Å². The topological polar surface area (TPSA) is 87.2 Å². The molecule has 13 rings (SSSR count). The Labute approximate surface area is 391 Å². The fourth-order valence-electron chi connectivity index (χ4n) is 9.43. The van der Waals surface area contributed by atoms with Gasteiger partial charge in [0.2, 0.25) is 5.95 Å². The number of hydrogen-bond acceptors (Lipinski definition) is 6. The van der Waals surface area contributed by atoms with Crippen molar-refractivity contribution in [1.29, 1.82) is 0 Å². The molecule has 0 unspecified atom stereocenters. The Morgan fingerprint density at radius 3 is 1.15 bits per heavy atom. The van der Waals surface area contributed by atoms with Crippen LogP contribution in [0.1, 0.15) is 0 Å². The molecule has 0 aliphatic heterocycles. The molecule has 0 atom stereocenters. The minimum absolute atomic E-state index is 0.544. The van der Waals surface area contributed by atoms with Crippen molar-refractivity contribution >= 4 is 43.6 Å². The van der Waals surface area contributed by atoms with Crippen molar-refractivity contribution in [2.24, 2.45) is 0 Å². The van der Waals surface area contributed by atoms with Crippen molar-refractivity contribution < 1.29 is 0 Å². The first kappa shape index (κ1) is 39.0. The van der Waals surface area contributed by atoms with Crippen LogP contribution in [0.2, 0.25) is 0 Å². The van der Waals surface area contributed by atoms with Crippen molar-refractivity contribution in [2.75, 3.05) is 0 Å². The van der Waals surface area contributed by atoms with E-state index in [-0.39, 0.29) is 0 Å². The number of para-hydroxylation sites is 2. The highest BCUT2D eigenvalue weighted by Crippen LogP contribution is 2.40. The molecule has 0 fully saturated rings. The Hall–Kier alpha value is -9.40. The Bertz CT molecular complexity index is 3960. The summed E-state index contributed by atoms with van der Waals surface area (Å²) < 4.78 is 4.53. The molecular weight excluding hydrogens is 833 g/mol. The molecule has 0 radical (unpaired) electrons. The van der Waals surface area contributed by atoms with E-state index in [2.05, 4.69) is 143 Å². The van der Waals surface area contributed by atoms with Gasteiger partial charge in [0.25, 0.3) is 0 Å². The lowest BCUT2D eigenvalue weighted by Crippen LogP contribution is -2.06. The van der Waals surface area contributed by atoms with Gasteiger partial charge in [0.1, 0.15) is 0 Å². The van der Waals surface area contributed by atoms with Crippen LogP contribution in [0.5, 0.6) is 0 Å². The summed E-state index contributed by atoms with van der Waals surface area (Å²) in [5.74, 6) is 3.55. The van der Waals surface area contributed by atoms with E-state index in [9.17, 15) is 0 Å². The molecule has 0 N–H and O–H groups in total. The van der Waals surface area contributed by atoms with E-state index >= 15 is 0 Å². The van der Waals surface area contributed by atoms with Gasteiger partial charge in [-0.3, -0.25) is 4.57 Å². The molecule has 68 heavy (non-hydrogen) atoms. The van der Waals surface area contributed by atoms with Gasteiger partial charge in [-0.25, -0.2) is 19.9 Å². The quantitative estimate of drug-likeness (QED) is 0.151. The summed E-state index contributed by atoms with van der Waals surface area (Å²) in [6.07, 6.45) is 0. The summed E-state index contributed by atoms with van der Waals surface area (Å²) in [5, 5.41) is 4.51. The molecule has 0 bridgehead atoms. The fourth-order valence-corrected chi connectivity index (χ4v) is 9.43. The number of benzene rings is 9. The highest BCUT2D eigenvalue weighted by molar-refractivity contribution is 6.19. The van der Waals surface area contributed by atoms with Gasteiger partial charge in [-0.05, 0) is 53.6 Å². The van der Waals surface area contributed by atoms with Crippen LogP contribution in [0.3, 0.4) is 0 Å². The first-order valence-electron chi connectivity index (χ1n) is 22.6. The lowest BCUT2D eigenvalue weighted by atomic mass is 10.0. The first-order valence-corrected chi connectivity index (χ1v) is 22.6.